The van der Waals surface area contributed by atoms with Crippen molar-refractivity contribution >= 4 is 29.4 Å². The van der Waals surface area contributed by atoms with E-state index in [4.69, 9.17) is 19.4 Å². The lowest BCUT2D eigenvalue weighted by Gasteiger charge is -2.35. The molecule has 3 unspecified atom stereocenters. The molecule has 2 aliphatic rings. The van der Waals surface area contributed by atoms with E-state index in [1.807, 2.05) is 43.7 Å². The van der Waals surface area contributed by atoms with Gasteiger partial charge in [-0.25, -0.2) is 9.67 Å². The van der Waals surface area contributed by atoms with Crippen LogP contribution >= 0.6 is 7.37 Å². The average molecular weight is 528 g/mol. The van der Waals surface area contributed by atoms with E-state index in [1.165, 1.54) is 0 Å². The molecule has 0 spiro atoms. The Labute approximate surface area is 218 Å². The molecule has 200 valence electrons. The zero-order valence-corrected chi connectivity index (χ0v) is 23.1. The van der Waals surface area contributed by atoms with Crippen LogP contribution in [-0.2, 0) is 14.0 Å². The van der Waals surface area contributed by atoms with Crippen molar-refractivity contribution in [2.45, 2.75) is 71.3 Å². The summed E-state index contributed by atoms with van der Waals surface area (Å²) in [5, 5.41) is 5.69. The second kappa shape index (κ2) is 10.8. The van der Waals surface area contributed by atoms with Crippen LogP contribution in [0, 0.1) is 5.92 Å². The number of ether oxygens (including phenoxy) is 2. The van der Waals surface area contributed by atoms with Gasteiger partial charge in [0.05, 0.1) is 30.3 Å². The Balaban J connectivity index is 1.74. The Morgan fingerprint density at radius 1 is 1.22 bits per heavy atom. The van der Waals surface area contributed by atoms with Gasteiger partial charge in [0.2, 0.25) is 7.37 Å². The lowest BCUT2D eigenvalue weighted by Crippen LogP contribution is -2.44. The number of anilines is 1. The maximum absolute atomic E-state index is 14.3. The van der Waals surface area contributed by atoms with Gasteiger partial charge < -0.3 is 19.3 Å². The molecule has 2 fully saturated rings. The number of fused-ring (bicyclic) bond motifs is 1. The van der Waals surface area contributed by atoms with Crippen LogP contribution in [0.2, 0.25) is 0 Å². The van der Waals surface area contributed by atoms with Crippen molar-refractivity contribution in [1.29, 1.82) is 0 Å². The normalized spacial score (nSPS) is 23.4. The molecule has 0 saturated carbocycles. The van der Waals surface area contributed by atoms with E-state index in [0.29, 0.717) is 60.5 Å². The van der Waals surface area contributed by atoms with Gasteiger partial charge in [-0.2, -0.15) is 5.10 Å². The first kappa shape index (κ1) is 26.3. The number of morpholine rings is 1. The largest absolute Gasteiger partial charge is 0.377 e. The molecular weight excluding hydrogens is 489 g/mol. The third-order valence-corrected chi connectivity index (χ3v) is 10.6. The maximum atomic E-state index is 14.3. The lowest BCUT2D eigenvalue weighted by molar-refractivity contribution is -0.0383. The van der Waals surface area contributed by atoms with E-state index in [0.717, 1.165) is 25.0 Å². The van der Waals surface area contributed by atoms with Gasteiger partial charge in [0, 0.05) is 36.6 Å². The molecule has 0 aliphatic carbocycles. The van der Waals surface area contributed by atoms with Crippen LogP contribution in [0.4, 0.5) is 5.82 Å². The molecule has 1 N–H and O–H groups in total. The highest BCUT2D eigenvalue weighted by atomic mass is 31.2. The van der Waals surface area contributed by atoms with Crippen LogP contribution in [0.3, 0.4) is 0 Å². The molecule has 0 aromatic carbocycles. The Morgan fingerprint density at radius 2 is 2.05 bits per heavy atom. The molecule has 3 aromatic heterocycles. The van der Waals surface area contributed by atoms with Gasteiger partial charge in [-0.05, 0) is 56.7 Å². The molecule has 9 nitrogen and oxygen atoms in total. The predicted molar refractivity (Wildman–Crippen MR) is 146 cm³/mol. The third kappa shape index (κ3) is 4.94. The summed E-state index contributed by atoms with van der Waals surface area (Å²) in [5.41, 5.74) is 1.70. The van der Waals surface area contributed by atoms with Crippen LogP contribution in [-0.4, -0.2) is 62.7 Å². The minimum Gasteiger partial charge on any atom is -0.377 e. The first-order valence-corrected chi connectivity index (χ1v) is 15.2. The van der Waals surface area contributed by atoms with Crippen LogP contribution in [0.25, 0.3) is 22.3 Å². The number of hydrogen-bond donors (Lipinski definition) is 1. The van der Waals surface area contributed by atoms with Gasteiger partial charge in [-0.15, -0.1) is 0 Å². The Hall–Kier alpha value is -2.32. The second-order valence-electron chi connectivity index (χ2n) is 10.5. The summed E-state index contributed by atoms with van der Waals surface area (Å²) in [6, 6.07) is 5.67. The number of aromatic nitrogens is 4. The maximum Gasteiger partial charge on any atom is 0.233 e. The number of pyridine rings is 2. The second-order valence-corrected chi connectivity index (χ2v) is 12.9. The van der Waals surface area contributed by atoms with Gasteiger partial charge in [0.25, 0.3) is 0 Å². The lowest BCUT2D eigenvalue weighted by atomic mass is 10.1. The van der Waals surface area contributed by atoms with E-state index in [-0.39, 0.29) is 23.8 Å². The fourth-order valence-electron chi connectivity index (χ4n) is 5.74. The summed E-state index contributed by atoms with van der Waals surface area (Å²) in [5.74, 6) is 0.737. The van der Waals surface area contributed by atoms with Crippen molar-refractivity contribution in [1.82, 2.24) is 19.7 Å². The Kier molecular flexibility index (Phi) is 7.68. The first-order chi connectivity index (χ1) is 17.8. The first-order valence-electron chi connectivity index (χ1n) is 13.5. The Bertz CT molecular complexity index is 1290. The minimum atomic E-state index is -3.76. The van der Waals surface area contributed by atoms with Crippen LogP contribution < -0.4 is 10.2 Å². The zero-order chi connectivity index (χ0) is 26.2. The molecule has 3 aromatic rings. The van der Waals surface area contributed by atoms with Gasteiger partial charge >= 0.3 is 0 Å². The summed E-state index contributed by atoms with van der Waals surface area (Å²) < 4.78 is 27.8. The summed E-state index contributed by atoms with van der Waals surface area (Å²) in [4.78, 5) is 23.7. The van der Waals surface area contributed by atoms with E-state index in [9.17, 15) is 9.46 Å². The SMILES string of the molecule is CCC(C(C)C)P(=O)(O)c1cc(N2CCOC[C@H]2C)nc2c(-c3ccnn3C3CCCCO3)nccc12. The molecular formula is C27H38N5O4P. The van der Waals surface area contributed by atoms with Crippen molar-refractivity contribution in [2.75, 3.05) is 31.3 Å². The van der Waals surface area contributed by atoms with Crippen molar-refractivity contribution in [3.63, 3.8) is 0 Å². The zero-order valence-electron chi connectivity index (χ0n) is 22.2. The summed E-state index contributed by atoms with van der Waals surface area (Å²) in [6.45, 7) is 10.6. The number of hydrogen-bond acceptors (Lipinski definition) is 7. The van der Waals surface area contributed by atoms with Gasteiger partial charge in [-0.1, -0.05) is 20.8 Å². The highest BCUT2D eigenvalue weighted by Crippen LogP contribution is 2.52. The molecule has 5 rings (SSSR count). The van der Waals surface area contributed by atoms with E-state index >= 15 is 0 Å². The molecule has 0 amide bonds. The molecule has 2 aliphatic heterocycles. The topological polar surface area (TPSA) is 103 Å². The monoisotopic (exact) mass is 527 g/mol. The Morgan fingerprint density at radius 3 is 2.76 bits per heavy atom. The highest BCUT2D eigenvalue weighted by Gasteiger charge is 2.37. The summed E-state index contributed by atoms with van der Waals surface area (Å²) in [7, 11) is -3.76. The molecule has 5 heterocycles. The fraction of sp³-hybridized carbons (Fsp3) is 0.593. The summed E-state index contributed by atoms with van der Waals surface area (Å²) in [6.07, 6.45) is 6.92. The standard InChI is InChI=1S/C27H38N5O4P/c1-5-22(18(2)3)37(33,34)23-16-24(31-13-15-35-17-19(31)4)30-26-20(23)9-11-28-27(26)21-10-12-29-32(21)25-8-6-7-14-36-25/h9-12,16,18-19,22,25H,5-8,13-15,17H2,1-4H3,(H,33,34)/t19-,22?,25?/m1/s1. The molecule has 0 radical (unpaired) electrons. The number of rotatable bonds is 7. The summed E-state index contributed by atoms with van der Waals surface area (Å²) >= 11 is 0. The predicted octanol–water partition coefficient (Wildman–Crippen LogP) is 4.75. The van der Waals surface area contributed by atoms with Gasteiger partial charge in [0.15, 0.2) is 6.23 Å². The molecule has 0 bridgehead atoms. The smallest absolute Gasteiger partial charge is 0.233 e. The highest BCUT2D eigenvalue weighted by molar-refractivity contribution is 7.67. The molecule has 37 heavy (non-hydrogen) atoms. The van der Waals surface area contributed by atoms with Crippen molar-refractivity contribution in [2.24, 2.45) is 5.92 Å². The molecule has 10 heteroatoms. The van der Waals surface area contributed by atoms with E-state index < -0.39 is 7.37 Å². The van der Waals surface area contributed by atoms with Gasteiger partial charge in [-0.3, -0.25) is 9.55 Å². The molecule has 2 saturated heterocycles. The quantitative estimate of drug-likeness (QED) is 0.439. The fourth-order valence-corrected chi connectivity index (χ4v) is 8.22. The van der Waals surface area contributed by atoms with Crippen molar-refractivity contribution in [3.8, 4) is 11.4 Å². The van der Waals surface area contributed by atoms with Gasteiger partial charge in [0.1, 0.15) is 17.0 Å². The van der Waals surface area contributed by atoms with E-state index in [1.54, 1.807) is 12.4 Å². The van der Waals surface area contributed by atoms with Crippen LogP contribution in [0.5, 0.6) is 0 Å². The van der Waals surface area contributed by atoms with Crippen LogP contribution in [0.1, 0.15) is 59.6 Å². The van der Waals surface area contributed by atoms with Crippen molar-refractivity contribution < 1.29 is 18.9 Å². The number of nitrogens with zero attached hydrogens (tertiary/aromatic N) is 5. The van der Waals surface area contributed by atoms with Crippen molar-refractivity contribution in [3.05, 3.63) is 30.6 Å². The molecule has 4 atom stereocenters. The third-order valence-electron chi connectivity index (χ3n) is 7.68. The minimum absolute atomic E-state index is 0.0565. The van der Waals surface area contributed by atoms with Crippen LogP contribution in [0.15, 0.2) is 30.6 Å². The average Bonchev–Trinajstić information content (AvgIpc) is 3.38. The van der Waals surface area contributed by atoms with E-state index in [2.05, 4.69) is 16.9 Å².